The van der Waals surface area contributed by atoms with Gasteiger partial charge in [0.2, 0.25) is 0 Å². The molecule has 9 aliphatic carbocycles. The van der Waals surface area contributed by atoms with Gasteiger partial charge in [-0.3, -0.25) is 0 Å². The van der Waals surface area contributed by atoms with Crippen molar-refractivity contribution in [3.63, 3.8) is 0 Å². The molecule has 9 heteroatoms. The van der Waals surface area contributed by atoms with E-state index < -0.39 is 0 Å². The van der Waals surface area contributed by atoms with Gasteiger partial charge in [-0.15, -0.1) is 0 Å². The lowest BCUT2D eigenvalue weighted by atomic mass is 9.82. The Morgan fingerprint density at radius 3 is 0.531 bits per heavy atom. The van der Waals surface area contributed by atoms with Crippen molar-refractivity contribution in [2.24, 2.45) is 53.3 Å². The summed E-state index contributed by atoms with van der Waals surface area (Å²) < 4.78 is 50.8. The predicted molar refractivity (Wildman–Crippen MR) is 424 cm³/mol. The first kappa shape index (κ1) is 95.7. The maximum absolute atomic E-state index is 5.77. The molecule has 9 rings (SSSR count). The van der Waals surface area contributed by atoms with Gasteiger partial charge in [0, 0.05) is 33.0 Å². The molecule has 0 saturated heterocycles. The Bertz CT molecular complexity index is 1810. The maximum Gasteiger partial charge on any atom is 0.0598 e. The van der Waals surface area contributed by atoms with Gasteiger partial charge in [-0.05, 0) is 337 Å². The van der Waals surface area contributed by atoms with Crippen LogP contribution in [0, 0.1) is 53.3 Å². The summed E-state index contributed by atoms with van der Waals surface area (Å²) in [4.78, 5) is 0. The summed E-state index contributed by atoms with van der Waals surface area (Å²) in [5, 5.41) is 0. The van der Waals surface area contributed by atoms with Gasteiger partial charge < -0.3 is 42.6 Å². The van der Waals surface area contributed by atoms with Gasteiger partial charge in [-0.2, -0.15) is 0 Å². The molecule has 0 amide bonds. The Kier molecular flexibility index (Phi) is 48.3. The second-order valence-electron chi connectivity index (χ2n) is 40.7. The fourth-order valence-corrected chi connectivity index (χ4v) is 11.7. The molecule has 0 bridgehead atoms. The van der Waals surface area contributed by atoms with Crippen LogP contribution in [0.15, 0.2) is 0 Å². The van der Waals surface area contributed by atoms with E-state index in [-0.39, 0.29) is 50.4 Å². The minimum Gasteiger partial charge on any atom is -0.376 e. The summed E-state index contributed by atoms with van der Waals surface area (Å²) >= 11 is 0. The smallest absolute Gasteiger partial charge is 0.0598 e. The highest BCUT2D eigenvalue weighted by molar-refractivity contribution is 4.78. The molecule has 98 heavy (non-hydrogen) atoms. The molecule has 0 aromatic carbocycles. The van der Waals surface area contributed by atoms with E-state index in [1.54, 1.807) is 0 Å². The van der Waals surface area contributed by atoms with E-state index in [2.05, 4.69) is 187 Å². The zero-order valence-corrected chi connectivity index (χ0v) is 71.5. The van der Waals surface area contributed by atoms with E-state index in [1.165, 1.54) is 225 Å². The molecule has 588 valence electrons. The molecule has 0 N–H and O–H groups in total. The SMILES string of the molecule is CC(C)(C)OCC1CC1.CC(C)(C)OCC1CCC1.CC(C)(C)OCC1CCCC1.CC(C)(C)OCC1CCCCC1.CC(C)(C)OCCC1CC1.CC(C)(C)OCCC1CCC1.CC(C)(C)OCCC1CCCC1.CC(C)(C)OCCCC1CC1.CC(C)(C)OCCCC1CCC1. The average molecular weight is 1390 g/mol. The Hall–Kier alpha value is -0.360. The fraction of sp³-hybridized carbons (Fsp3) is 1.00. The molecule has 9 fully saturated rings. The third-order valence-corrected chi connectivity index (χ3v) is 19.2. The molecule has 0 aliphatic heterocycles. The van der Waals surface area contributed by atoms with Crippen molar-refractivity contribution in [3.8, 4) is 0 Å². The van der Waals surface area contributed by atoms with E-state index in [4.69, 9.17) is 42.6 Å². The molecule has 9 aliphatic rings. The quantitative estimate of drug-likeness (QED) is 0.0830. The molecule has 0 radical (unpaired) electrons. The minimum atomic E-state index is 0.0530. The molecule has 9 saturated carbocycles. The molecular formula is C89H178O9. The highest BCUT2D eigenvalue weighted by atomic mass is 16.5. The summed E-state index contributed by atoms with van der Waals surface area (Å²) in [6.45, 7) is 65.9. The first-order chi connectivity index (χ1) is 45.2. The van der Waals surface area contributed by atoms with Crippen LogP contribution in [0.3, 0.4) is 0 Å². The lowest BCUT2D eigenvalue weighted by Gasteiger charge is -2.29. The Labute approximate surface area is 614 Å². The summed E-state index contributed by atoms with van der Waals surface area (Å²) in [6.07, 6.45) is 49.0. The lowest BCUT2D eigenvalue weighted by molar-refractivity contribution is -0.0354. The number of ether oxygens (including phenoxy) is 9. The fourth-order valence-electron chi connectivity index (χ4n) is 11.7. The molecular weight excluding hydrogens is 1210 g/mol. The van der Waals surface area contributed by atoms with Crippen molar-refractivity contribution in [1.29, 1.82) is 0 Å². The maximum atomic E-state index is 5.77. The standard InChI is InChI=1S/3C11H22O.3C10H20O.2C9H18O.C8H16O/c1-11(2,3)12-9-5-8-10-6-4-7-10;1-11(2,3)12-9-8-10-6-4-5-7-10;1-11(2,3)12-9-10-7-5-4-6-8-10;1-10(2,3)11-8-4-5-9-6-7-9;1-10(2,3)11-8-7-9-5-4-6-9;1-10(2,3)11-8-9-6-4-5-7-9;1-9(2,3)10-7-6-8-4-5-8;1-9(2,3)10-7-8-5-4-6-8;1-8(2,3)9-6-7-4-5-7/h3*10H,4-9H2,1-3H3;3*9H,4-8H2,1-3H3;2*8H,4-7H2,1-3H3;7H,4-6H2,1-3H3. The van der Waals surface area contributed by atoms with E-state index in [1.807, 2.05) is 0 Å². The molecule has 0 aromatic heterocycles. The van der Waals surface area contributed by atoms with Crippen molar-refractivity contribution < 1.29 is 42.6 Å². The molecule has 0 spiro atoms. The number of hydrogen-bond acceptors (Lipinski definition) is 9. The van der Waals surface area contributed by atoms with Crippen LogP contribution >= 0.6 is 0 Å². The van der Waals surface area contributed by atoms with E-state index in [0.717, 1.165) is 113 Å². The number of hydrogen-bond donors (Lipinski definition) is 0. The van der Waals surface area contributed by atoms with Crippen molar-refractivity contribution in [1.82, 2.24) is 0 Å². The second kappa shape index (κ2) is 49.5. The van der Waals surface area contributed by atoms with Crippen LogP contribution in [-0.4, -0.2) is 110 Å². The lowest BCUT2D eigenvalue weighted by Crippen LogP contribution is -2.26. The van der Waals surface area contributed by atoms with Crippen LogP contribution in [0.1, 0.15) is 412 Å². The van der Waals surface area contributed by atoms with Crippen molar-refractivity contribution >= 4 is 0 Å². The van der Waals surface area contributed by atoms with Crippen LogP contribution in [0.2, 0.25) is 0 Å². The molecule has 0 unspecified atom stereocenters. The molecule has 0 aromatic rings. The third kappa shape index (κ3) is 71.3. The summed E-state index contributed by atoms with van der Waals surface area (Å²) in [5.74, 6) is 8.51. The van der Waals surface area contributed by atoms with Crippen molar-refractivity contribution in [3.05, 3.63) is 0 Å². The Morgan fingerprint density at radius 2 is 0.327 bits per heavy atom. The highest BCUT2D eigenvalue weighted by Gasteiger charge is 2.27. The van der Waals surface area contributed by atoms with Gasteiger partial charge in [0.05, 0.1) is 76.8 Å². The largest absolute Gasteiger partial charge is 0.376 e. The van der Waals surface area contributed by atoms with E-state index in [9.17, 15) is 0 Å². The monoisotopic (exact) mass is 1390 g/mol. The van der Waals surface area contributed by atoms with Crippen LogP contribution < -0.4 is 0 Å². The van der Waals surface area contributed by atoms with Crippen LogP contribution in [0.4, 0.5) is 0 Å². The predicted octanol–water partition coefficient (Wildman–Crippen LogP) is 26.5. The normalized spacial score (nSPS) is 20.1. The van der Waals surface area contributed by atoms with Crippen molar-refractivity contribution in [2.75, 3.05) is 59.5 Å². The Balaban J connectivity index is 0.000000552. The topological polar surface area (TPSA) is 83.1 Å². The van der Waals surface area contributed by atoms with Gasteiger partial charge >= 0.3 is 0 Å². The summed E-state index contributed by atoms with van der Waals surface area (Å²) in [6, 6.07) is 0. The van der Waals surface area contributed by atoms with Gasteiger partial charge in [-0.1, -0.05) is 128 Å². The summed E-state index contributed by atoms with van der Waals surface area (Å²) in [7, 11) is 0. The summed E-state index contributed by atoms with van der Waals surface area (Å²) in [5.41, 5.74) is 0.540. The third-order valence-electron chi connectivity index (χ3n) is 19.2. The second-order valence-corrected chi connectivity index (χ2v) is 40.7. The van der Waals surface area contributed by atoms with Crippen LogP contribution in [-0.2, 0) is 42.6 Å². The van der Waals surface area contributed by atoms with E-state index >= 15 is 0 Å². The first-order valence-corrected chi connectivity index (χ1v) is 42.0. The molecule has 0 atom stereocenters. The van der Waals surface area contributed by atoms with Crippen LogP contribution in [0.25, 0.3) is 0 Å². The highest BCUT2D eigenvalue weighted by Crippen LogP contribution is 2.36. The zero-order chi connectivity index (χ0) is 74.2. The number of rotatable bonds is 25. The molecule has 0 heterocycles. The first-order valence-electron chi connectivity index (χ1n) is 42.0. The minimum absolute atomic E-state index is 0.0530. The van der Waals surface area contributed by atoms with Gasteiger partial charge in [-0.25, -0.2) is 0 Å². The Morgan fingerprint density at radius 1 is 0.163 bits per heavy atom. The average Bonchev–Trinajstić information content (AvgIpc) is 3.04. The van der Waals surface area contributed by atoms with Gasteiger partial charge in [0.1, 0.15) is 0 Å². The zero-order valence-electron chi connectivity index (χ0n) is 71.5. The van der Waals surface area contributed by atoms with E-state index in [0.29, 0.717) is 0 Å². The molecule has 9 nitrogen and oxygen atoms in total. The van der Waals surface area contributed by atoms with Gasteiger partial charge in [0.25, 0.3) is 0 Å². The van der Waals surface area contributed by atoms with Gasteiger partial charge in [0.15, 0.2) is 0 Å². The van der Waals surface area contributed by atoms with Crippen molar-refractivity contribution in [2.45, 2.75) is 462 Å². The van der Waals surface area contributed by atoms with Crippen LogP contribution in [0.5, 0.6) is 0 Å².